The van der Waals surface area contributed by atoms with Gasteiger partial charge in [0.15, 0.2) is 0 Å². The van der Waals surface area contributed by atoms with Crippen molar-refractivity contribution in [1.82, 2.24) is 19.9 Å². The molecule has 30 heavy (non-hydrogen) atoms. The predicted molar refractivity (Wildman–Crippen MR) is 110 cm³/mol. The number of fused-ring (bicyclic) bond motifs is 1. The van der Waals surface area contributed by atoms with E-state index in [1.54, 1.807) is 25.3 Å². The fourth-order valence-corrected chi connectivity index (χ4v) is 4.45. The van der Waals surface area contributed by atoms with E-state index in [1.165, 1.54) is 10.7 Å². The summed E-state index contributed by atoms with van der Waals surface area (Å²) in [5, 5.41) is 8.45. The molecule has 1 aliphatic carbocycles. The van der Waals surface area contributed by atoms with Gasteiger partial charge in [-0.25, -0.2) is 9.07 Å². The monoisotopic (exact) mass is 406 g/mol. The number of carbonyl (C=O) groups excluding carboxylic acids is 1. The number of benzene rings is 2. The highest BCUT2D eigenvalue weighted by Gasteiger charge is 2.35. The molecule has 0 unspecified atom stereocenters. The quantitative estimate of drug-likeness (QED) is 0.647. The van der Waals surface area contributed by atoms with Crippen LogP contribution in [0.1, 0.15) is 34.5 Å². The van der Waals surface area contributed by atoms with E-state index >= 15 is 0 Å². The van der Waals surface area contributed by atoms with E-state index in [0.29, 0.717) is 29.9 Å². The second-order valence-electron chi connectivity index (χ2n) is 8.14. The first-order valence-corrected chi connectivity index (χ1v) is 10.2. The van der Waals surface area contributed by atoms with Crippen molar-refractivity contribution < 1.29 is 13.9 Å². The smallest absolute Gasteiger partial charge is 0.254 e. The van der Waals surface area contributed by atoms with E-state index in [4.69, 9.17) is 4.74 Å². The van der Waals surface area contributed by atoms with Crippen LogP contribution in [0.4, 0.5) is 4.39 Å². The molecule has 3 aromatic rings. The molecule has 1 saturated carbocycles. The van der Waals surface area contributed by atoms with E-state index < -0.39 is 0 Å². The molecule has 6 nitrogen and oxygen atoms in total. The van der Waals surface area contributed by atoms with Crippen LogP contribution < -0.4 is 0 Å². The van der Waals surface area contributed by atoms with Gasteiger partial charge in [-0.15, -0.1) is 5.10 Å². The number of methoxy groups -OCH3 is 1. The molecule has 0 N–H and O–H groups in total. The van der Waals surface area contributed by atoms with Gasteiger partial charge in [-0.05, 0) is 55.5 Å². The van der Waals surface area contributed by atoms with Gasteiger partial charge in [0.2, 0.25) is 0 Å². The minimum atomic E-state index is -0.348. The second-order valence-corrected chi connectivity index (χ2v) is 8.14. The minimum Gasteiger partial charge on any atom is -0.381 e. The minimum absolute atomic E-state index is 0.0872. The molecule has 2 aromatic carbocycles. The van der Waals surface area contributed by atoms with Crippen LogP contribution in [0.3, 0.4) is 0 Å². The first-order valence-electron chi connectivity index (χ1n) is 10.2. The third-order valence-electron chi connectivity index (χ3n) is 6.24. The normalized spacial score (nSPS) is 20.4. The molecule has 1 aliphatic heterocycles. The molecule has 0 saturated heterocycles. The Bertz CT molecular complexity index is 1120. The lowest BCUT2D eigenvalue weighted by molar-refractivity contribution is -0.00933. The zero-order chi connectivity index (χ0) is 20.8. The van der Waals surface area contributed by atoms with Crippen molar-refractivity contribution in [3.8, 4) is 16.9 Å². The summed E-state index contributed by atoms with van der Waals surface area (Å²) in [7, 11) is 1.74. The van der Waals surface area contributed by atoms with Gasteiger partial charge in [0, 0.05) is 31.3 Å². The largest absolute Gasteiger partial charge is 0.381 e. The zero-order valence-electron chi connectivity index (χ0n) is 17.0. The maximum atomic E-state index is 14.2. The van der Waals surface area contributed by atoms with Crippen molar-refractivity contribution in [2.75, 3.05) is 13.7 Å². The number of ether oxygens (including phenoxy) is 1. The van der Waals surface area contributed by atoms with Crippen molar-refractivity contribution in [2.24, 2.45) is 5.92 Å². The number of halogens is 1. The molecule has 1 fully saturated rings. The summed E-state index contributed by atoms with van der Waals surface area (Å²) in [5.41, 5.74) is 4.44. The van der Waals surface area contributed by atoms with Crippen molar-refractivity contribution in [3.63, 3.8) is 0 Å². The number of hydrogen-bond donors (Lipinski definition) is 0. The van der Waals surface area contributed by atoms with E-state index in [2.05, 4.69) is 10.3 Å². The Balaban J connectivity index is 1.39. The van der Waals surface area contributed by atoms with Crippen molar-refractivity contribution in [2.45, 2.75) is 32.4 Å². The maximum Gasteiger partial charge on any atom is 0.254 e. The van der Waals surface area contributed by atoms with E-state index in [0.717, 1.165) is 41.8 Å². The Morgan fingerprint density at radius 3 is 2.77 bits per heavy atom. The zero-order valence-corrected chi connectivity index (χ0v) is 17.0. The molecule has 2 aliphatic rings. The molecular weight excluding hydrogens is 383 g/mol. The maximum absolute atomic E-state index is 14.2. The van der Waals surface area contributed by atoms with Crippen molar-refractivity contribution >= 4 is 5.91 Å². The van der Waals surface area contributed by atoms with Gasteiger partial charge >= 0.3 is 0 Å². The van der Waals surface area contributed by atoms with Crippen LogP contribution in [0.2, 0.25) is 0 Å². The topological polar surface area (TPSA) is 60.2 Å². The van der Waals surface area contributed by atoms with Gasteiger partial charge < -0.3 is 9.64 Å². The Morgan fingerprint density at radius 1 is 1.20 bits per heavy atom. The average molecular weight is 406 g/mol. The number of aromatic nitrogens is 3. The van der Waals surface area contributed by atoms with Gasteiger partial charge in [-0.2, -0.15) is 0 Å². The standard InChI is InChI=1S/C23H23FN4O2/c1-14-22(25-26-28(14)21-6-4-3-5-20(21)24)16-7-8-19-17(11-16)13-27(23(19)29)12-15-9-18(10-15)30-2/h3-8,11,15,18H,9-10,12-13H2,1-2H3/t15-,18+. The van der Waals surface area contributed by atoms with Gasteiger partial charge in [0.05, 0.1) is 11.8 Å². The molecule has 0 atom stereocenters. The SMILES string of the molecule is CO[C@H]1C[C@@H](CN2Cc3cc(-c4nnn(-c5ccccc5F)c4C)ccc3C2=O)C1. The van der Waals surface area contributed by atoms with Crippen LogP contribution in [-0.4, -0.2) is 45.6 Å². The van der Waals surface area contributed by atoms with Gasteiger partial charge in [-0.1, -0.05) is 23.4 Å². The predicted octanol–water partition coefficient (Wildman–Crippen LogP) is 3.76. The number of rotatable bonds is 5. The van der Waals surface area contributed by atoms with Gasteiger partial charge in [0.25, 0.3) is 5.91 Å². The molecule has 0 bridgehead atoms. The van der Waals surface area contributed by atoms with Crippen LogP contribution >= 0.6 is 0 Å². The summed E-state index contributed by atoms with van der Waals surface area (Å²) < 4.78 is 21.0. The first-order chi connectivity index (χ1) is 14.5. The highest BCUT2D eigenvalue weighted by atomic mass is 19.1. The lowest BCUT2D eigenvalue weighted by atomic mass is 9.82. The fraction of sp³-hybridized carbons (Fsp3) is 0.348. The summed E-state index contributed by atoms with van der Waals surface area (Å²) in [6, 6.07) is 12.3. The average Bonchev–Trinajstić information content (AvgIpc) is 3.24. The molecule has 1 amide bonds. The molecule has 154 valence electrons. The summed E-state index contributed by atoms with van der Waals surface area (Å²) in [6.45, 7) is 3.25. The molecule has 2 heterocycles. The molecule has 5 rings (SSSR count). The van der Waals surface area contributed by atoms with Crippen molar-refractivity contribution in [1.29, 1.82) is 0 Å². The third-order valence-corrected chi connectivity index (χ3v) is 6.24. The van der Waals surface area contributed by atoms with Crippen LogP contribution in [0.5, 0.6) is 0 Å². The highest BCUT2D eigenvalue weighted by Crippen LogP contribution is 2.34. The number of nitrogens with zero attached hydrogens (tertiary/aromatic N) is 4. The third kappa shape index (κ3) is 3.10. The first kappa shape index (κ1) is 18.9. The fourth-order valence-electron chi connectivity index (χ4n) is 4.45. The van der Waals surface area contributed by atoms with E-state index in [9.17, 15) is 9.18 Å². The lowest BCUT2D eigenvalue weighted by Gasteiger charge is -2.36. The summed E-state index contributed by atoms with van der Waals surface area (Å²) in [5.74, 6) is 0.249. The summed E-state index contributed by atoms with van der Waals surface area (Å²) >= 11 is 0. The number of carbonyl (C=O) groups is 1. The van der Waals surface area contributed by atoms with Gasteiger partial charge in [0.1, 0.15) is 17.2 Å². The van der Waals surface area contributed by atoms with Crippen LogP contribution in [0.15, 0.2) is 42.5 Å². The van der Waals surface area contributed by atoms with Gasteiger partial charge in [-0.3, -0.25) is 4.79 Å². The van der Waals surface area contributed by atoms with Crippen LogP contribution in [0.25, 0.3) is 16.9 Å². The van der Waals surface area contributed by atoms with Crippen LogP contribution in [-0.2, 0) is 11.3 Å². The summed E-state index contributed by atoms with van der Waals surface area (Å²) in [4.78, 5) is 14.7. The summed E-state index contributed by atoms with van der Waals surface area (Å²) in [6.07, 6.45) is 2.36. The number of para-hydroxylation sites is 1. The molecule has 0 radical (unpaired) electrons. The lowest BCUT2D eigenvalue weighted by Crippen LogP contribution is -2.39. The van der Waals surface area contributed by atoms with Crippen LogP contribution in [0, 0.1) is 18.7 Å². The second kappa shape index (κ2) is 7.32. The number of amides is 1. The van der Waals surface area contributed by atoms with E-state index in [1.807, 2.05) is 30.0 Å². The molecular formula is C23H23FN4O2. The Kier molecular flexibility index (Phi) is 4.62. The molecule has 1 aromatic heterocycles. The number of hydrogen-bond acceptors (Lipinski definition) is 4. The molecule has 0 spiro atoms. The Morgan fingerprint density at radius 2 is 2.00 bits per heavy atom. The Hall–Kier alpha value is -3.06. The highest BCUT2D eigenvalue weighted by molar-refractivity contribution is 5.99. The van der Waals surface area contributed by atoms with Crippen molar-refractivity contribution in [3.05, 3.63) is 65.1 Å². The Labute approximate surface area is 174 Å². The van der Waals surface area contributed by atoms with E-state index in [-0.39, 0.29) is 11.7 Å². The molecule has 7 heteroatoms.